The molecular weight excluding hydrogens is 403 g/mol. The highest BCUT2D eigenvalue weighted by Crippen LogP contribution is 2.30. The molecule has 2 heterocycles. The maximum absolute atomic E-state index is 12.6. The summed E-state index contributed by atoms with van der Waals surface area (Å²) in [5.74, 6) is 0. The lowest BCUT2D eigenvalue weighted by atomic mass is 10.3. The molecule has 0 aliphatic heterocycles. The van der Waals surface area contributed by atoms with Crippen molar-refractivity contribution in [1.82, 2.24) is 14.1 Å². The minimum Gasteiger partial charge on any atom is -0.280 e. The van der Waals surface area contributed by atoms with E-state index >= 15 is 0 Å². The van der Waals surface area contributed by atoms with Gasteiger partial charge in [0.15, 0.2) is 0 Å². The van der Waals surface area contributed by atoms with Crippen LogP contribution in [0, 0.1) is 0 Å². The van der Waals surface area contributed by atoms with Gasteiger partial charge in [0.05, 0.1) is 27.3 Å². The quantitative estimate of drug-likeness (QED) is 0.702. The standard InChI is InChI=1S/C15H12Cl2N4O4S/c1-20-13-9(14(22)21(2)15(20)23)6-8(7-18-13)19-26(24,25)11-5-3-4-10(16)12(11)17/h3-7,19H,1-2H3. The van der Waals surface area contributed by atoms with Crippen LogP contribution in [0.15, 0.2) is 44.9 Å². The van der Waals surface area contributed by atoms with Crippen molar-refractivity contribution in [1.29, 1.82) is 0 Å². The van der Waals surface area contributed by atoms with E-state index in [0.29, 0.717) is 0 Å². The molecule has 26 heavy (non-hydrogen) atoms. The van der Waals surface area contributed by atoms with Crippen LogP contribution in [0.1, 0.15) is 0 Å². The molecule has 0 radical (unpaired) electrons. The average molecular weight is 415 g/mol. The van der Waals surface area contributed by atoms with Gasteiger partial charge in [-0.1, -0.05) is 29.3 Å². The largest absolute Gasteiger partial charge is 0.332 e. The zero-order chi connectivity index (χ0) is 19.2. The van der Waals surface area contributed by atoms with E-state index < -0.39 is 21.3 Å². The number of nitrogens with zero attached hydrogens (tertiary/aromatic N) is 3. The molecule has 11 heteroatoms. The fourth-order valence-corrected chi connectivity index (χ4v) is 4.22. The molecule has 0 saturated heterocycles. The SMILES string of the molecule is Cn1c(=O)c2cc(NS(=O)(=O)c3cccc(Cl)c3Cl)cnc2n(C)c1=O. The molecule has 0 fully saturated rings. The van der Waals surface area contributed by atoms with Crippen molar-refractivity contribution in [2.24, 2.45) is 14.1 Å². The second-order valence-corrected chi connectivity index (χ2v) is 7.89. The molecular formula is C15H12Cl2N4O4S. The number of aromatic nitrogens is 3. The Labute approximate surface area is 157 Å². The topological polar surface area (TPSA) is 103 Å². The second kappa shape index (κ2) is 6.42. The summed E-state index contributed by atoms with van der Waals surface area (Å²) < 4.78 is 29.5. The van der Waals surface area contributed by atoms with Gasteiger partial charge >= 0.3 is 5.69 Å². The maximum Gasteiger partial charge on any atom is 0.332 e. The number of benzene rings is 1. The van der Waals surface area contributed by atoms with Crippen molar-refractivity contribution < 1.29 is 8.42 Å². The molecule has 3 rings (SSSR count). The summed E-state index contributed by atoms with van der Waals surface area (Å²) in [6.07, 6.45) is 1.21. The van der Waals surface area contributed by atoms with Crippen molar-refractivity contribution in [3.63, 3.8) is 0 Å². The second-order valence-electron chi connectivity index (χ2n) is 5.46. The zero-order valence-corrected chi connectivity index (χ0v) is 15.9. The normalized spacial score (nSPS) is 11.7. The average Bonchev–Trinajstić information content (AvgIpc) is 2.60. The first-order valence-electron chi connectivity index (χ1n) is 7.16. The summed E-state index contributed by atoms with van der Waals surface area (Å²) in [6.45, 7) is 0. The number of nitrogens with one attached hydrogen (secondary N) is 1. The third-order valence-electron chi connectivity index (χ3n) is 3.75. The fourth-order valence-electron chi connectivity index (χ4n) is 2.42. The van der Waals surface area contributed by atoms with Gasteiger partial charge < -0.3 is 0 Å². The molecule has 136 valence electrons. The number of pyridine rings is 1. The van der Waals surface area contributed by atoms with Crippen LogP contribution >= 0.6 is 23.2 Å². The Morgan fingerprint density at radius 2 is 1.81 bits per heavy atom. The molecule has 0 aliphatic carbocycles. The number of sulfonamides is 1. The number of halogens is 2. The fraction of sp³-hybridized carbons (Fsp3) is 0.133. The van der Waals surface area contributed by atoms with Gasteiger partial charge in [-0.05, 0) is 18.2 Å². The van der Waals surface area contributed by atoms with Gasteiger partial charge in [-0.2, -0.15) is 0 Å². The first kappa shape index (κ1) is 18.4. The molecule has 2 aromatic heterocycles. The number of rotatable bonds is 3. The van der Waals surface area contributed by atoms with Crippen LogP contribution in [-0.2, 0) is 24.1 Å². The summed E-state index contributed by atoms with van der Waals surface area (Å²) in [5.41, 5.74) is -0.933. The van der Waals surface area contributed by atoms with Crippen LogP contribution in [0.4, 0.5) is 5.69 Å². The predicted molar refractivity (Wildman–Crippen MR) is 99.5 cm³/mol. The van der Waals surface area contributed by atoms with Crippen LogP contribution in [0.25, 0.3) is 11.0 Å². The van der Waals surface area contributed by atoms with E-state index in [1.807, 2.05) is 0 Å². The summed E-state index contributed by atoms with van der Waals surface area (Å²) in [4.78, 5) is 28.0. The van der Waals surface area contributed by atoms with Crippen molar-refractivity contribution >= 4 is 49.9 Å². The molecule has 1 aromatic carbocycles. The molecule has 0 aliphatic rings. The summed E-state index contributed by atoms with van der Waals surface area (Å²) in [6, 6.07) is 5.52. The summed E-state index contributed by atoms with van der Waals surface area (Å²) in [7, 11) is -1.27. The lowest BCUT2D eigenvalue weighted by molar-refractivity contribution is 0.601. The van der Waals surface area contributed by atoms with Gasteiger partial charge in [-0.3, -0.25) is 18.7 Å². The monoisotopic (exact) mass is 414 g/mol. The van der Waals surface area contributed by atoms with Crippen LogP contribution in [0.3, 0.4) is 0 Å². The third-order valence-corrected chi connectivity index (χ3v) is 6.11. The number of hydrogen-bond donors (Lipinski definition) is 1. The van der Waals surface area contributed by atoms with E-state index in [1.165, 1.54) is 49.1 Å². The van der Waals surface area contributed by atoms with Crippen molar-refractivity contribution in [2.75, 3.05) is 4.72 Å². The summed E-state index contributed by atoms with van der Waals surface area (Å²) in [5, 5.41) is 0.0655. The number of fused-ring (bicyclic) bond motifs is 1. The Balaban J connectivity index is 2.14. The minimum atomic E-state index is -4.06. The van der Waals surface area contributed by atoms with Crippen LogP contribution in [0.5, 0.6) is 0 Å². The Hall–Kier alpha value is -2.36. The van der Waals surface area contributed by atoms with Gasteiger partial charge in [-0.15, -0.1) is 0 Å². The highest BCUT2D eigenvalue weighted by molar-refractivity contribution is 7.92. The molecule has 0 saturated carbocycles. The van der Waals surface area contributed by atoms with E-state index in [4.69, 9.17) is 23.2 Å². The molecule has 0 spiro atoms. The van der Waals surface area contributed by atoms with Crippen molar-refractivity contribution in [3.05, 3.63) is 61.3 Å². The van der Waals surface area contributed by atoms with Gasteiger partial charge in [0.2, 0.25) is 0 Å². The van der Waals surface area contributed by atoms with Crippen LogP contribution in [0.2, 0.25) is 10.0 Å². The first-order chi connectivity index (χ1) is 12.1. The van der Waals surface area contributed by atoms with Gasteiger partial charge in [-0.25, -0.2) is 18.2 Å². The van der Waals surface area contributed by atoms with Crippen LogP contribution in [-0.4, -0.2) is 22.5 Å². The highest BCUT2D eigenvalue weighted by atomic mass is 35.5. The van der Waals surface area contributed by atoms with Crippen LogP contribution < -0.4 is 16.0 Å². The predicted octanol–water partition coefficient (Wildman–Crippen LogP) is 1.74. The Morgan fingerprint density at radius 1 is 1.12 bits per heavy atom. The smallest absolute Gasteiger partial charge is 0.280 e. The van der Waals surface area contributed by atoms with Gasteiger partial charge in [0.25, 0.3) is 15.6 Å². The number of hydrogen-bond acceptors (Lipinski definition) is 5. The molecule has 0 bridgehead atoms. The Morgan fingerprint density at radius 3 is 2.50 bits per heavy atom. The molecule has 0 atom stereocenters. The molecule has 3 aromatic rings. The van der Waals surface area contributed by atoms with E-state index in [2.05, 4.69) is 9.71 Å². The van der Waals surface area contributed by atoms with Crippen molar-refractivity contribution in [3.8, 4) is 0 Å². The molecule has 1 N–H and O–H groups in total. The lowest BCUT2D eigenvalue weighted by Gasteiger charge is -2.11. The minimum absolute atomic E-state index is 0.0456. The van der Waals surface area contributed by atoms with Gasteiger partial charge in [0.1, 0.15) is 10.5 Å². The molecule has 8 nitrogen and oxygen atoms in total. The first-order valence-corrected chi connectivity index (χ1v) is 9.40. The Bertz CT molecular complexity index is 1270. The zero-order valence-electron chi connectivity index (χ0n) is 13.5. The van der Waals surface area contributed by atoms with E-state index in [0.717, 1.165) is 4.57 Å². The number of anilines is 1. The van der Waals surface area contributed by atoms with Gasteiger partial charge in [0, 0.05) is 14.1 Å². The molecule has 0 unspecified atom stereocenters. The van der Waals surface area contributed by atoms with E-state index in [9.17, 15) is 18.0 Å². The molecule has 0 amide bonds. The Kier molecular flexibility index (Phi) is 4.55. The maximum atomic E-state index is 12.6. The third kappa shape index (κ3) is 2.98. The lowest BCUT2D eigenvalue weighted by Crippen LogP contribution is -2.37. The highest BCUT2D eigenvalue weighted by Gasteiger charge is 2.20. The summed E-state index contributed by atoms with van der Waals surface area (Å²) >= 11 is 11.8. The van der Waals surface area contributed by atoms with E-state index in [1.54, 1.807) is 0 Å². The number of aryl methyl sites for hydroxylation is 1. The van der Waals surface area contributed by atoms with E-state index in [-0.39, 0.29) is 31.7 Å². The van der Waals surface area contributed by atoms with Crippen molar-refractivity contribution in [2.45, 2.75) is 4.90 Å².